The Hall–Kier alpha value is -0.740. The van der Waals surface area contributed by atoms with E-state index in [1.165, 1.54) is 7.11 Å². The smallest absolute Gasteiger partial charge is 0.161 e. The molecule has 1 atom stereocenters. The van der Waals surface area contributed by atoms with Crippen LogP contribution in [0.4, 0.5) is 0 Å². The van der Waals surface area contributed by atoms with Gasteiger partial charge in [0.15, 0.2) is 5.78 Å². The second-order valence-electron chi connectivity index (χ2n) is 4.10. The fourth-order valence-electron chi connectivity index (χ4n) is 1.34. The van der Waals surface area contributed by atoms with E-state index in [0.29, 0.717) is 19.4 Å². The van der Waals surface area contributed by atoms with E-state index in [9.17, 15) is 9.59 Å². The summed E-state index contributed by atoms with van der Waals surface area (Å²) in [6.07, 6.45) is 2.43. The zero-order valence-electron chi connectivity index (χ0n) is 11.2. The van der Waals surface area contributed by atoms with Crippen molar-refractivity contribution < 1.29 is 19.1 Å². The molecule has 0 spiro atoms. The molecule has 0 aliphatic heterocycles. The van der Waals surface area contributed by atoms with Crippen molar-refractivity contribution in [2.24, 2.45) is 0 Å². The molecule has 17 heavy (non-hydrogen) atoms. The maximum atomic E-state index is 11.4. The van der Waals surface area contributed by atoms with Gasteiger partial charge in [0.05, 0.1) is 0 Å². The molecule has 0 N–H and O–H groups in total. The maximum absolute atomic E-state index is 11.4. The number of methoxy groups -OCH3 is 1. The number of carbonyl (C=O) groups excluding carboxylic acids is 2. The minimum Gasteiger partial charge on any atom is -0.381 e. The van der Waals surface area contributed by atoms with Gasteiger partial charge in [-0.05, 0) is 19.8 Å². The number of hydrogen-bond donors (Lipinski definition) is 0. The minimum absolute atomic E-state index is 0.0110. The minimum atomic E-state index is -0.407. The summed E-state index contributed by atoms with van der Waals surface area (Å²) in [5.41, 5.74) is 0. The molecule has 4 heteroatoms. The largest absolute Gasteiger partial charge is 0.381 e. The van der Waals surface area contributed by atoms with Crippen LogP contribution in [-0.4, -0.2) is 38.0 Å². The summed E-state index contributed by atoms with van der Waals surface area (Å²) in [5.74, 6) is 0.116. The SMILES string of the molecule is CCCOCCCC(=O)CCC(=O)C(C)OC. The molecule has 0 aliphatic carbocycles. The van der Waals surface area contributed by atoms with Gasteiger partial charge in [0.25, 0.3) is 0 Å². The van der Waals surface area contributed by atoms with Crippen LogP contribution in [0, 0.1) is 0 Å². The fourth-order valence-corrected chi connectivity index (χ4v) is 1.34. The Morgan fingerprint density at radius 1 is 1.12 bits per heavy atom. The quantitative estimate of drug-likeness (QED) is 0.523. The Balaban J connectivity index is 3.49. The summed E-state index contributed by atoms with van der Waals surface area (Å²) < 4.78 is 10.2. The third-order valence-corrected chi connectivity index (χ3v) is 2.55. The Bertz CT molecular complexity index is 225. The lowest BCUT2D eigenvalue weighted by Gasteiger charge is -2.07. The molecule has 4 nitrogen and oxygen atoms in total. The van der Waals surface area contributed by atoms with Crippen LogP contribution in [-0.2, 0) is 19.1 Å². The topological polar surface area (TPSA) is 52.6 Å². The number of hydrogen-bond acceptors (Lipinski definition) is 4. The van der Waals surface area contributed by atoms with Gasteiger partial charge in [-0.25, -0.2) is 0 Å². The summed E-state index contributed by atoms with van der Waals surface area (Å²) in [6, 6.07) is 0. The lowest BCUT2D eigenvalue weighted by molar-refractivity contribution is -0.130. The molecule has 100 valence electrons. The van der Waals surface area contributed by atoms with E-state index in [1.54, 1.807) is 6.92 Å². The van der Waals surface area contributed by atoms with E-state index in [0.717, 1.165) is 19.4 Å². The van der Waals surface area contributed by atoms with Crippen molar-refractivity contribution in [1.29, 1.82) is 0 Å². The van der Waals surface area contributed by atoms with Crippen LogP contribution in [0.3, 0.4) is 0 Å². The van der Waals surface area contributed by atoms with Crippen molar-refractivity contribution >= 4 is 11.6 Å². The van der Waals surface area contributed by atoms with Crippen LogP contribution in [0.5, 0.6) is 0 Å². The molecule has 0 radical (unpaired) electrons. The monoisotopic (exact) mass is 244 g/mol. The van der Waals surface area contributed by atoms with Gasteiger partial charge >= 0.3 is 0 Å². The normalized spacial score (nSPS) is 12.4. The van der Waals surface area contributed by atoms with E-state index >= 15 is 0 Å². The summed E-state index contributed by atoms with van der Waals surface area (Å²) in [7, 11) is 1.50. The van der Waals surface area contributed by atoms with E-state index in [1.807, 2.05) is 6.92 Å². The summed E-state index contributed by atoms with van der Waals surface area (Å²) in [4.78, 5) is 22.8. The molecule has 0 aliphatic rings. The number of ketones is 2. The van der Waals surface area contributed by atoms with Crippen molar-refractivity contribution in [3.05, 3.63) is 0 Å². The Kier molecular flexibility index (Phi) is 9.96. The highest BCUT2D eigenvalue weighted by Crippen LogP contribution is 2.03. The third-order valence-electron chi connectivity index (χ3n) is 2.55. The van der Waals surface area contributed by atoms with Gasteiger partial charge in [-0.3, -0.25) is 9.59 Å². The number of Topliss-reactive ketones (excluding diaryl/α,β-unsaturated/α-hetero) is 2. The number of carbonyl (C=O) groups is 2. The molecule has 0 heterocycles. The molecule has 0 amide bonds. The molecule has 0 saturated heterocycles. The predicted molar refractivity (Wildman–Crippen MR) is 66.1 cm³/mol. The summed E-state index contributed by atoms with van der Waals surface area (Å²) in [5, 5.41) is 0. The van der Waals surface area contributed by atoms with E-state index in [4.69, 9.17) is 9.47 Å². The lowest BCUT2D eigenvalue weighted by Crippen LogP contribution is -2.19. The molecule has 0 aromatic carbocycles. The van der Waals surface area contributed by atoms with Gasteiger partial charge in [0.2, 0.25) is 0 Å². The van der Waals surface area contributed by atoms with Crippen molar-refractivity contribution in [1.82, 2.24) is 0 Å². The summed E-state index contributed by atoms with van der Waals surface area (Å²) in [6.45, 7) is 5.12. The van der Waals surface area contributed by atoms with Crippen LogP contribution < -0.4 is 0 Å². The van der Waals surface area contributed by atoms with Crippen LogP contribution in [0.1, 0.15) is 46.0 Å². The predicted octanol–water partition coefficient (Wildman–Crippen LogP) is 2.15. The van der Waals surface area contributed by atoms with Gasteiger partial charge in [0.1, 0.15) is 11.9 Å². The molecule has 0 aromatic rings. The van der Waals surface area contributed by atoms with Crippen LogP contribution in [0.2, 0.25) is 0 Å². The Labute approximate surface area is 104 Å². The van der Waals surface area contributed by atoms with Crippen molar-refractivity contribution in [2.45, 2.75) is 52.1 Å². The standard InChI is InChI=1S/C13H24O4/c1-4-9-17-10-5-6-12(14)7-8-13(15)11(2)16-3/h11H,4-10H2,1-3H3. The second-order valence-corrected chi connectivity index (χ2v) is 4.10. The first kappa shape index (κ1) is 16.3. The molecule has 1 unspecified atom stereocenters. The number of ether oxygens (including phenoxy) is 2. The maximum Gasteiger partial charge on any atom is 0.161 e. The molecule has 0 aromatic heterocycles. The van der Waals surface area contributed by atoms with Crippen LogP contribution in [0.25, 0.3) is 0 Å². The highest BCUT2D eigenvalue weighted by atomic mass is 16.5. The van der Waals surface area contributed by atoms with Crippen molar-refractivity contribution in [2.75, 3.05) is 20.3 Å². The van der Waals surface area contributed by atoms with Gasteiger partial charge in [-0.2, -0.15) is 0 Å². The second kappa shape index (κ2) is 10.4. The lowest BCUT2D eigenvalue weighted by atomic mass is 10.1. The first-order valence-electron chi connectivity index (χ1n) is 6.26. The number of rotatable bonds is 11. The van der Waals surface area contributed by atoms with E-state index < -0.39 is 6.10 Å². The molecule has 0 rings (SSSR count). The third kappa shape index (κ3) is 9.01. The van der Waals surface area contributed by atoms with Gasteiger partial charge in [0, 0.05) is 39.6 Å². The van der Waals surface area contributed by atoms with Gasteiger partial charge < -0.3 is 9.47 Å². The average Bonchev–Trinajstić information content (AvgIpc) is 2.34. The first-order chi connectivity index (χ1) is 8.11. The summed E-state index contributed by atoms with van der Waals surface area (Å²) >= 11 is 0. The van der Waals surface area contributed by atoms with Crippen LogP contribution >= 0.6 is 0 Å². The Morgan fingerprint density at radius 3 is 2.41 bits per heavy atom. The van der Waals surface area contributed by atoms with E-state index in [-0.39, 0.29) is 18.0 Å². The molecule has 0 bridgehead atoms. The molecular weight excluding hydrogens is 220 g/mol. The van der Waals surface area contributed by atoms with Crippen LogP contribution in [0.15, 0.2) is 0 Å². The molecular formula is C13H24O4. The van der Waals surface area contributed by atoms with Gasteiger partial charge in [-0.15, -0.1) is 0 Å². The zero-order chi connectivity index (χ0) is 13.1. The molecule has 0 saturated carbocycles. The fraction of sp³-hybridized carbons (Fsp3) is 0.846. The highest BCUT2D eigenvalue weighted by Gasteiger charge is 2.13. The van der Waals surface area contributed by atoms with Crippen molar-refractivity contribution in [3.8, 4) is 0 Å². The van der Waals surface area contributed by atoms with Crippen molar-refractivity contribution in [3.63, 3.8) is 0 Å². The Morgan fingerprint density at radius 2 is 1.82 bits per heavy atom. The highest BCUT2D eigenvalue weighted by molar-refractivity contribution is 5.88. The first-order valence-corrected chi connectivity index (χ1v) is 6.26. The molecule has 0 fully saturated rings. The van der Waals surface area contributed by atoms with E-state index in [2.05, 4.69) is 0 Å². The zero-order valence-corrected chi connectivity index (χ0v) is 11.2. The van der Waals surface area contributed by atoms with Gasteiger partial charge in [-0.1, -0.05) is 6.92 Å². The average molecular weight is 244 g/mol.